The Morgan fingerprint density at radius 3 is 2.38 bits per heavy atom. The number of carboxylic acid groups (broad SMARTS) is 1. The number of primary amides is 1. The molecule has 0 heterocycles. The van der Waals surface area contributed by atoms with E-state index in [9.17, 15) is 24.1 Å². The average Bonchev–Trinajstić information content (AvgIpc) is 2.35. The lowest BCUT2D eigenvalue weighted by atomic mass is 10.0. The van der Waals surface area contributed by atoms with Gasteiger partial charge >= 0.3 is 5.97 Å². The Balaban J connectivity index is 3.32. The van der Waals surface area contributed by atoms with E-state index in [1.165, 1.54) is 0 Å². The number of nitro groups is 1. The van der Waals surface area contributed by atoms with E-state index in [1.54, 1.807) is 13.8 Å². The predicted octanol–water partition coefficient (Wildman–Crippen LogP) is 1.35. The third kappa shape index (κ3) is 3.65. The molecule has 114 valence electrons. The molecule has 0 saturated heterocycles. The molecule has 8 nitrogen and oxygen atoms in total. The van der Waals surface area contributed by atoms with Crippen molar-refractivity contribution >= 4 is 23.3 Å². The van der Waals surface area contributed by atoms with Crippen molar-refractivity contribution in [3.8, 4) is 0 Å². The smallest absolute Gasteiger partial charge is 0.342 e. The highest BCUT2D eigenvalue weighted by Crippen LogP contribution is 2.27. The summed E-state index contributed by atoms with van der Waals surface area (Å²) in [4.78, 5) is 32.0. The number of nitro benzene ring substituents is 1. The Hall–Kier alpha value is -2.71. The van der Waals surface area contributed by atoms with Gasteiger partial charge in [0.1, 0.15) is 11.6 Å². The summed E-state index contributed by atoms with van der Waals surface area (Å²) in [5.74, 6) is -3.66. The second kappa shape index (κ2) is 6.16. The number of aromatic carboxylic acids is 1. The second-order valence-corrected chi connectivity index (χ2v) is 4.68. The summed E-state index contributed by atoms with van der Waals surface area (Å²) in [6.07, 6.45) is 0. The number of nitrogens with one attached hydrogen (secondary N) is 1. The molecule has 4 N–H and O–H groups in total. The zero-order valence-corrected chi connectivity index (χ0v) is 11.3. The minimum Gasteiger partial charge on any atom is -0.477 e. The highest BCUT2D eigenvalue weighted by molar-refractivity contribution is 5.94. The molecule has 0 aliphatic heterocycles. The normalized spacial score (nSPS) is 12.0. The number of hydrogen-bond acceptors (Lipinski definition) is 5. The molecular formula is C12H14FN3O5. The highest BCUT2D eigenvalue weighted by Gasteiger charge is 2.26. The third-order valence-corrected chi connectivity index (χ3v) is 2.80. The topological polar surface area (TPSA) is 136 Å². The number of rotatable bonds is 6. The first-order valence-electron chi connectivity index (χ1n) is 5.92. The molecule has 1 unspecified atom stereocenters. The summed E-state index contributed by atoms with van der Waals surface area (Å²) in [5, 5.41) is 22.1. The number of hydrogen-bond donors (Lipinski definition) is 3. The molecule has 0 aliphatic carbocycles. The second-order valence-electron chi connectivity index (χ2n) is 4.68. The van der Waals surface area contributed by atoms with E-state index < -0.39 is 39.9 Å². The SMILES string of the molecule is CC(C)C(Nc1cc(C(=O)O)c([N+](=O)[O-])cc1F)C(N)=O. The van der Waals surface area contributed by atoms with E-state index in [4.69, 9.17) is 10.8 Å². The van der Waals surface area contributed by atoms with Gasteiger partial charge in [-0.2, -0.15) is 0 Å². The van der Waals surface area contributed by atoms with Crippen molar-refractivity contribution in [1.82, 2.24) is 0 Å². The first kappa shape index (κ1) is 16.3. The molecule has 0 spiro atoms. The molecule has 1 aromatic carbocycles. The van der Waals surface area contributed by atoms with Crippen molar-refractivity contribution in [2.24, 2.45) is 11.7 Å². The standard InChI is InChI=1S/C12H14FN3O5/c1-5(2)10(11(14)17)15-8-3-6(12(18)19)9(16(20)21)4-7(8)13/h3-5,10,15H,1-2H3,(H2,14,17)(H,18,19). The van der Waals surface area contributed by atoms with Crippen LogP contribution in [0.3, 0.4) is 0 Å². The van der Waals surface area contributed by atoms with Crippen molar-refractivity contribution in [1.29, 1.82) is 0 Å². The number of anilines is 1. The van der Waals surface area contributed by atoms with Crippen molar-refractivity contribution < 1.29 is 24.0 Å². The molecule has 0 radical (unpaired) electrons. The molecule has 21 heavy (non-hydrogen) atoms. The van der Waals surface area contributed by atoms with Crippen LogP contribution >= 0.6 is 0 Å². The summed E-state index contributed by atoms with van der Waals surface area (Å²) < 4.78 is 13.8. The van der Waals surface area contributed by atoms with Crippen LogP contribution in [0.5, 0.6) is 0 Å². The molecule has 0 bridgehead atoms. The summed E-state index contributed by atoms with van der Waals surface area (Å²) in [6.45, 7) is 3.31. The monoisotopic (exact) mass is 299 g/mol. The van der Waals surface area contributed by atoms with Gasteiger partial charge < -0.3 is 16.2 Å². The molecule has 1 atom stereocenters. The van der Waals surface area contributed by atoms with Gasteiger partial charge in [0.05, 0.1) is 16.7 Å². The first-order valence-corrected chi connectivity index (χ1v) is 5.92. The van der Waals surface area contributed by atoms with Crippen LogP contribution in [0.2, 0.25) is 0 Å². The van der Waals surface area contributed by atoms with Crippen LogP contribution in [0.4, 0.5) is 15.8 Å². The Morgan fingerprint density at radius 2 is 2.00 bits per heavy atom. The van der Waals surface area contributed by atoms with Gasteiger partial charge in [-0.15, -0.1) is 0 Å². The Bertz CT molecular complexity index is 603. The number of carbonyl (C=O) groups is 2. The molecule has 0 aromatic heterocycles. The van der Waals surface area contributed by atoms with Crippen LogP contribution in [-0.4, -0.2) is 27.9 Å². The quantitative estimate of drug-likeness (QED) is 0.536. The summed E-state index contributed by atoms with van der Waals surface area (Å²) >= 11 is 0. The Labute approximate surface area is 118 Å². The zero-order chi connectivity index (χ0) is 16.3. The number of halogens is 1. The Kier molecular flexibility index (Phi) is 4.79. The number of carboxylic acids is 1. The number of nitrogens with zero attached hydrogens (tertiary/aromatic N) is 1. The van der Waals surface area contributed by atoms with Gasteiger partial charge in [-0.25, -0.2) is 9.18 Å². The Morgan fingerprint density at radius 1 is 1.43 bits per heavy atom. The summed E-state index contributed by atoms with van der Waals surface area (Å²) in [6, 6.07) is 0.320. The minimum atomic E-state index is -1.58. The largest absolute Gasteiger partial charge is 0.477 e. The van der Waals surface area contributed by atoms with Gasteiger partial charge in [0.15, 0.2) is 5.82 Å². The van der Waals surface area contributed by atoms with E-state index in [1.807, 2.05) is 0 Å². The van der Waals surface area contributed by atoms with E-state index in [2.05, 4.69) is 5.32 Å². The van der Waals surface area contributed by atoms with Gasteiger partial charge in [0.2, 0.25) is 5.91 Å². The van der Waals surface area contributed by atoms with Gasteiger partial charge in [-0.05, 0) is 12.0 Å². The number of amides is 1. The van der Waals surface area contributed by atoms with Crippen LogP contribution in [0.1, 0.15) is 24.2 Å². The van der Waals surface area contributed by atoms with Crippen LogP contribution < -0.4 is 11.1 Å². The molecule has 1 rings (SSSR count). The van der Waals surface area contributed by atoms with Crippen molar-refractivity contribution in [2.75, 3.05) is 5.32 Å². The molecule has 1 aromatic rings. The van der Waals surface area contributed by atoms with Gasteiger partial charge in [0, 0.05) is 0 Å². The third-order valence-electron chi connectivity index (χ3n) is 2.80. The molecule has 0 fully saturated rings. The first-order chi connectivity index (χ1) is 9.65. The van der Waals surface area contributed by atoms with Crippen molar-refractivity contribution in [3.63, 3.8) is 0 Å². The summed E-state index contributed by atoms with van der Waals surface area (Å²) in [7, 11) is 0. The molecule has 0 saturated carbocycles. The van der Waals surface area contributed by atoms with Gasteiger partial charge in [-0.3, -0.25) is 14.9 Å². The molecular weight excluding hydrogens is 285 g/mol. The minimum absolute atomic E-state index is 0.287. The van der Waals surface area contributed by atoms with E-state index in [0.717, 1.165) is 6.07 Å². The number of nitrogens with two attached hydrogens (primary N) is 1. The van der Waals surface area contributed by atoms with Crippen molar-refractivity contribution in [2.45, 2.75) is 19.9 Å². The van der Waals surface area contributed by atoms with E-state index in [0.29, 0.717) is 6.07 Å². The summed E-state index contributed by atoms with van der Waals surface area (Å²) in [5.41, 5.74) is 3.27. The molecule has 1 amide bonds. The van der Waals surface area contributed by atoms with E-state index in [-0.39, 0.29) is 11.6 Å². The fourth-order valence-electron chi connectivity index (χ4n) is 1.73. The fraction of sp³-hybridized carbons (Fsp3) is 0.333. The average molecular weight is 299 g/mol. The van der Waals surface area contributed by atoms with Crippen LogP contribution in [0.15, 0.2) is 12.1 Å². The highest BCUT2D eigenvalue weighted by atomic mass is 19.1. The molecule has 9 heteroatoms. The lowest BCUT2D eigenvalue weighted by Gasteiger charge is -2.20. The predicted molar refractivity (Wildman–Crippen MR) is 71.5 cm³/mol. The molecule has 0 aliphatic rings. The van der Waals surface area contributed by atoms with Gasteiger partial charge in [-0.1, -0.05) is 13.8 Å². The van der Waals surface area contributed by atoms with Gasteiger partial charge in [0.25, 0.3) is 5.69 Å². The van der Waals surface area contributed by atoms with Crippen LogP contribution in [0.25, 0.3) is 0 Å². The maximum absolute atomic E-state index is 13.8. The lowest BCUT2D eigenvalue weighted by Crippen LogP contribution is -2.39. The van der Waals surface area contributed by atoms with Crippen molar-refractivity contribution in [3.05, 3.63) is 33.6 Å². The lowest BCUT2D eigenvalue weighted by molar-refractivity contribution is -0.385. The van der Waals surface area contributed by atoms with Crippen LogP contribution in [0, 0.1) is 21.8 Å². The van der Waals surface area contributed by atoms with E-state index >= 15 is 0 Å². The maximum atomic E-state index is 13.8. The van der Waals surface area contributed by atoms with Crippen LogP contribution in [-0.2, 0) is 4.79 Å². The maximum Gasteiger partial charge on any atom is 0.342 e. The zero-order valence-electron chi connectivity index (χ0n) is 11.3. The fourth-order valence-corrected chi connectivity index (χ4v) is 1.73. The number of carbonyl (C=O) groups excluding carboxylic acids is 1. The number of benzene rings is 1.